The standard InChI is InChI=1S/C13H23NO2/c1-2-10-5-3-4-6-12(10)16-13(15)9-14-11-7-8-11/h10-12,14H,2-9H2,1H3. The van der Waals surface area contributed by atoms with E-state index >= 15 is 0 Å². The molecule has 0 heterocycles. The summed E-state index contributed by atoms with van der Waals surface area (Å²) in [5.41, 5.74) is 0. The van der Waals surface area contributed by atoms with Crippen LogP contribution in [0, 0.1) is 5.92 Å². The number of carbonyl (C=O) groups is 1. The highest BCUT2D eigenvalue weighted by Gasteiger charge is 2.27. The van der Waals surface area contributed by atoms with E-state index in [1.807, 2.05) is 0 Å². The lowest BCUT2D eigenvalue weighted by atomic mass is 9.85. The molecular weight excluding hydrogens is 202 g/mol. The van der Waals surface area contributed by atoms with Gasteiger partial charge in [0, 0.05) is 6.04 Å². The van der Waals surface area contributed by atoms with Gasteiger partial charge < -0.3 is 10.1 Å². The van der Waals surface area contributed by atoms with Crippen molar-refractivity contribution >= 4 is 5.97 Å². The quantitative estimate of drug-likeness (QED) is 0.729. The summed E-state index contributed by atoms with van der Waals surface area (Å²) in [6, 6.07) is 0.584. The zero-order valence-corrected chi connectivity index (χ0v) is 10.2. The molecule has 0 radical (unpaired) electrons. The summed E-state index contributed by atoms with van der Waals surface area (Å²) >= 11 is 0. The fourth-order valence-corrected chi connectivity index (χ4v) is 2.52. The second-order valence-electron chi connectivity index (χ2n) is 5.14. The first-order chi connectivity index (χ1) is 7.79. The van der Waals surface area contributed by atoms with Gasteiger partial charge in [-0.25, -0.2) is 0 Å². The van der Waals surface area contributed by atoms with Crippen molar-refractivity contribution in [3.63, 3.8) is 0 Å². The van der Waals surface area contributed by atoms with Crippen LogP contribution in [0.4, 0.5) is 0 Å². The van der Waals surface area contributed by atoms with Gasteiger partial charge in [0.15, 0.2) is 0 Å². The zero-order chi connectivity index (χ0) is 11.4. The average Bonchev–Trinajstić information content (AvgIpc) is 3.11. The first-order valence-corrected chi connectivity index (χ1v) is 6.72. The molecule has 2 aliphatic rings. The topological polar surface area (TPSA) is 38.3 Å². The third kappa shape index (κ3) is 3.48. The third-order valence-electron chi connectivity index (χ3n) is 3.76. The largest absolute Gasteiger partial charge is 0.461 e. The summed E-state index contributed by atoms with van der Waals surface area (Å²) in [5.74, 6) is 0.538. The van der Waals surface area contributed by atoms with Gasteiger partial charge in [0.2, 0.25) is 0 Å². The van der Waals surface area contributed by atoms with Crippen molar-refractivity contribution in [1.82, 2.24) is 5.32 Å². The molecule has 2 atom stereocenters. The van der Waals surface area contributed by atoms with Crippen LogP contribution in [0.3, 0.4) is 0 Å². The van der Waals surface area contributed by atoms with E-state index in [-0.39, 0.29) is 12.1 Å². The Morgan fingerprint density at radius 3 is 2.69 bits per heavy atom. The molecule has 0 bridgehead atoms. The summed E-state index contributed by atoms with van der Waals surface area (Å²) in [6.07, 6.45) is 8.55. The second kappa shape index (κ2) is 5.67. The van der Waals surface area contributed by atoms with Crippen molar-refractivity contribution in [1.29, 1.82) is 0 Å². The van der Waals surface area contributed by atoms with Crippen LogP contribution in [0.15, 0.2) is 0 Å². The summed E-state index contributed by atoms with van der Waals surface area (Å²) in [6.45, 7) is 2.59. The van der Waals surface area contributed by atoms with Gasteiger partial charge in [-0.05, 0) is 44.4 Å². The fourth-order valence-electron chi connectivity index (χ4n) is 2.52. The van der Waals surface area contributed by atoms with Crippen LogP contribution in [0.1, 0.15) is 51.9 Å². The van der Waals surface area contributed by atoms with Crippen molar-refractivity contribution in [2.45, 2.75) is 64.0 Å². The summed E-state index contributed by atoms with van der Waals surface area (Å²) in [5, 5.41) is 3.20. The predicted molar refractivity (Wildman–Crippen MR) is 63.2 cm³/mol. The summed E-state index contributed by atoms with van der Waals surface area (Å²) in [7, 11) is 0. The second-order valence-corrected chi connectivity index (χ2v) is 5.14. The zero-order valence-electron chi connectivity index (χ0n) is 10.2. The number of hydrogen-bond acceptors (Lipinski definition) is 3. The van der Waals surface area contributed by atoms with Crippen molar-refractivity contribution in [2.24, 2.45) is 5.92 Å². The molecule has 3 nitrogen and oxygen atoms in total. The number of esters is 1. The molecule has 2 unspecified atom stereocenters. The highest BCUT2D eigenvalue weighted by molar-refractivity contribution is 5.72. The number of rotatable bonds is 5. The van der Waals surface area contributed by atoms with Crippen molar-refractivity contribution in [2.75, 3.05) is 6.54 Å². The van der Waals surface area contributed by atoms with E-state index in [0.717, 1.165) is 12.8 Å². The lowest BCUT2D eigenvalue weighted by Gasteiger charge is -2.30. The Kier molecular flexibility index (Phi) is 4.22. The van der Waals surface area contributed by atoms with Gasteiger partial charge >= 0.3 is 5.97 Å². The number of carbonyl (C=O) groups excluding carboxylic acids is 1. The molecule has 92 valence electrons. The van der Waals surface area contributed by atoms with Gasteiger partial charge in [-0.3, -0.25) is 4.79 Å². The van der Waals surface area contributed by atoms with Gasteiger partial charge in [0.05, 0.1) is 6.54 Å². The monoisotopic (exact) mass is 225 g/mol. The minimum absolute atomic E-state index is 0.0581. The third-order valence-corrected chi connectivity index (χ3v) is 3.76. The molecule has 0 aromatic carbocycles. The maximum Gasteiger partial charge on any atom is 0.320 e. The number of ether oxygens (including phenoxy) is 1. The van der Waals surface area contributed by atoms with E-state index in [9.17, 15) is 4.79 Å². The van der Waals surface area contributed by atoms with Crippen LogP contribution in [-0.2, 0) is 9.53 Å². The van der Waals surface area contributed by atoms with E-state index in [4.69, 9.17) is 4.74 Å². The normalized spacial score (nSPS) is 30.1. The Morgan fingerprint density at radius 2 is 2.00 bits per heavy atom. The predicted octanol–water partition coefficient (Wildman–Crippen LogP) is 2.25. The lowest BCUT2D eigenvalue weighted by Crippen LogP contribution is -2.34. The maximum atomic E-state index is 11.6. The molecule has 2 fully saturated rings. The number of nitrogens with one attached hydrogen (secondary N) is 1. The minimum Gasteiger partial charge on any atom is -0.461 e. The van der Waals surface area contributed by atoms with Crippen LogP contribution < -0.4 is 5.32 Å². The molecule has 0 aromatic rings. The van der Waals surface area contributed by atoms with E-state index in [0.29, 0.717) is 18.5 Å². The van der Waals surface area contributed by atoms with Crippen LogP contribution in [0.25, 0.3) is 0 Å². The molecule has 3 heteroatoms. The number of hydrogen-bond donors (Lipinski definition) is 1. The highest BCUT2D eigenvalue weighted by Crippen LogP contribution is 2.29. The lowest BCUT2D eigenvalue weighted by molar-refractivity contribution is -0.152. The van der Waals surface area contributed by atoms with Gasteiger partial charge in [0.25, 0.3) is 0 Å². The van der Waals surface area contributed by atoms with Gasteiger partial charge in [-0.15, -0.1) is 0 Å². The Morgan fingerprint density at radius 1 is 1.25 bits per heavy atom. The fraction of sp³-hybridized carbons (Fsp3) is 0.923. The first kappa shape index (κ1) is 11.9. The van der Waals surface area contributed by atoms with E-state index in [1.54, 1.807) is 0 Å². The van der Waals surface area contributed by atoms with E-state index < -0.39 is 0 Å². The van der Waals surface area contributed by atoms with E-state index in [1.165, 1.54) is 32.1 Å². The Balaban J connectivity index is 1.70. The average molecular weight is 225 g/mol. The smallest absolute Gasteiger partial charge is 0.320 e. The van der Waals surface area contributed by atoms with Gasteiger partial charge in [-0.1, -0.05) is 13.3 Å². The first-order valence-electron chi connectivity index (χ1n) is 6.72. The molecule has 0 amide bonds. The van der Waals surface area contributed by atoms with Crippen LogP contribution in [-0.4, -0.2) is 24.7 Å². The highest BCUT2D eigenvalue weighted by atomic mass is 16.5. The minimum atomic E-state index is -0.0581. The molecular formula is C13H23NO2. The maximum absolute atomic E-state index is 11.6. The Hall–Kier alpha value is -0.570. The molecule has 0 spiro atoms. The molecule has 2 saturated carbocycles. The SMILES string of the molecule is CCC1CCCCC1OC(=O)CNC1CC1. The van der Waals surface area contributed by atoms with Crippen LogP contribution in [0.5, 0.6) is 0 Å². The van der Waals surface area contributed by atoms with Crippen molar-refractivity contribution in [3.05, 3.63) is 0 Å². The summed E-state index contributed by atoms with van der Waals surface area (Å²) in [4.78, 5) is 11.6. The molecule has 0 saturated heterocycles. The Labute approximate surface area is 97.9 Å². The Bertz CT molecular complexity index is 238. The van der Waals surface area contributed by atoms with Crippen molar-refractivity contribution in [3.8, 4) is 0 Å². The molecule has 0 aromatic heterocycles. The van der Waals surface area contributed by atoms with E-state index in [2.05, 4.69) is 12.2 Å². The van der Waals surface area contributed by atoms with Crippen LogP contribution in [0.2, 0.25) is 0 Å². The van der Waals surface area contributed by atoms with Gasteiger partial charge in [-0.2, -0.15) is 0 Å². The van der Waals surface area contributed by atoms with Gasteiger partial charge in [0.1, 0.15) is 6.10 Å². The molecule has 2 rings (SSSR count). The molecule has 16 heavy (non-hydrogen) atoms. The summed E-state index contributed by atoms with van der Waals surface area (Å²) < 4.78 is 5.57. The molecule has 1 N–H and O–H groups in total. The molecule has 2 aliphatic carbocycles. The van der Waals surface area contributed by atoms with Crippen LogP contribution >= 0.6 is 0 Å². The molecule has 0 aliphatic heterocycles. The van der Waals surface area contributed by atoms with Crippen molar-refractivity contribution < 1.29 is 9.53 Å².